The smallest absolute Gasteiger partial charge is 0.362 e. The summed E-state index contributed by atoms with van der Waals surface area (Å²) in [5.41, 5.74) is 6.47. The van der Waals surface area contributed by atoms with E-state index in [1.54, 1.807) is 21.3 Å². The van der Waals surface area contributed by atoms with Crippen molar-refractivity contribution in [3.63, 3.8) is 0 Å². The van der Waals surface area contributed by atoms with Gasteiger partial charge in [-0.3, -0.25) is 4.90 Å². The van der Waals surface area contributed by atoms with Gasteiger partial charge < -0.3 is 38.0 Å². The Morgan fingerprint density at radius 3 is 2.29 bits per heavy atom. The van der Waals surface area contributed by atoms with Gasteiger partial charge in [-0.25, -0.2) is 4.79 Å². The first-order valence-electron chi connectivity index (χ1n) is 17.6. The van der Waals surface area contributed by atoms with Crippen LogP contribution in [0.3, 0.4) is 0 Å². The van der Waals surface area contributed by atoms with Crippen LogP contribution >= 0.6 is 22.6 Å². The Morgan fingerprint density at radius 1 is 0.904 bits per heavy atom. The van der Waals surface area contributed by atoms with Gasteiger partial charge in [0.15, 0.2) is 40.5 Å². The summed E-state index contributed by atoms with van der Waals surface area (Å²) < 4.78 is 38.4. The van der Waals surface area contributed by atoms with Gasteiger partial charge in [0.25, 0.3) is 0 Å². The van der Waals surface area contributed by atoms with Crippen molar-refractivity contribution >= 4 is 28.6 Å². The van der Waals surface area contributed by atoms with Gasteiger partial charge in [0.05, 0.1) is 34.9 Å². The zero-order chi connectivity index (χ0) is 36.7. The van der Waals surface area contributed by atoms with Crippen LogP contribution in [0.5, 0.6) is 46.0 Å². The van der Waals surface area contributed by atoms with Crippen molar-refractivity contribution in [1.29, 1.82) is 0 Å². The van der Waals surface area contributed by atoms with Gasteiger partial charge in [-0.15, -0.1) is 0 Å². The fourth-order valence-electron chi connectivity index (χ4n) is 8.19. The average Bonchev–Trinajstić information content (AvgIpc) is 3.14. The number of hydrogen-bond donors (Lipinski definition) is 1. The van der Waals surface area contributed by atoms with E-state index < -0.39 is 12.0 Å². The van der Waals surface area contributed by atoms with Gasteiger partial charge in [-0.2, -0.15) is 0 Å². The molecule has 0 amide bonds. The van der Waals surface area contributed by atoms with Crippen LogP contribution in [0.15, 0.2) is 60.7 Å². The highest BCUT2D eigenvalue weighted by Crippen LogP contribution is 2.52. The van der Waals surface area contributed by atoms with E-state index in [9.17, 15) is 9.90 Å². The fourth-order valence-corrected chi connectivity index (χ4v) is 8.50. The Balaban J connectivity index is 1.50. The number of carbonyl (C=O) groups is 1. The van der Waals surface area contributed by atoms with Crippen LogP contribution < -0.4 is 28.4 Å². The predicted molar refractivity (Wildman–Crippen MR) is 206 cm³/mol. The van der Waals surface area contributed by atoms with Crippen LogP contribution in [-0.2, 0) is 30.5 Å². The maximum atomic E-state index is 12.6. The molecule has 4 atom stereocenters. The van der Waals surface area contributed by atoms with Gasteiger partial charge in [-0.1, -0.05) is 18.2 Å². The lowest BCUT2D eigenvalue weighted by Gasteiger charge is -2.48. The lowest BCUT2D eigenvalue weighted by Crippen LogP contribution is -2.59. The van der Waals surface area contributed by atoms with Crippen molar-refractivity contribution < 1.29 is 42.8 Å². The van der Waals surface area contributed by atoms with Gasteiger partial charge in [0.2, 0.25) is 5.75 Å². The molecule has 0 aromatic heterocycles. The first-order chi connectivity index (χ1) is 25.1. The number of alkyl halides is 1. The Morgan fingerprint density at radius 2 is 1.60 bits per heavy atom. The number of benzene rings is 4. The number of carboxylic acids is 1. The Kier molecular flexibility index (Phi) is 10.2. The minimum absolute atomic E-state index is 0.0756. The molecule has 4 aromatic carbocycles. The van der Waals surface area contributed by atoms with E-state index in [0.29, 0.717) is 80.9 Å². The molecule has 0 fully saturated rings. The molecule has 0 saturated carbocycles. The van der Waals surface area contributed by atoms with Gasteiger partial charge in [0, 0.05) is 36.6 Å². The summed E-state index contributed by atoms with van der Waals surface area (Å²) in [4.78, 5) is 15.0. The minimum atomic E-state index is -0.825. The molecule has 8 rings (SSSR count). The van der Waals surface area contributed by atoms with Crippen molar-refractivity contribution in [2.24, 2.45) is 0 Å². The van der Waals surface area contributed by atoms with Crippen LogP contribution in [0.1, 0.15) is 52.4 Å². The van der Waals surface area contributed by atoms with E-state index in [4.69, 9.17) is 28.4 Å². The first kappa shape index (κ1) is 36.2. The third kappa shape index (κ3) is 6.51. The number of ether oxygens (including phenoxy) is 6. The molecule has 1 N–H and O–H groups in total. The zero-order valence-electron chi connectivity index (χ0n) is 30.5. The molecular weight excluding hydrogens is 775 g/mol. The van der Waals surface area contributed by atoms with E-state index in [2.05, 4.69) is 84.1 Å². The summed E-state index contributed by atoms with van der Waals surface area (Å²) in [5.74, 6) is 4.00. The maximum absolute atomic E-state index is 12.6. The highest BCUT2D eigenvalue weighted by molar-refractivity contribution is 14.1. The molecule has 4 aliphatic heterocycles. The molecule has 0 spiro atoms. The molecule has 10 nitrogen and oxygen atoms in total. The molecule has 4 heterocycles. The van der Waals surface area contributed by atoms with Crippen LogP contribution in [0.2, 0.25) is 0 Å². The number of methoxy groups -OCH3 is 3. The molecule has 52 heavy (non-hydrogen) atoms. The molecule has 0 saturated heterocycles. The van der Waals surface area contributed by atoms with Crippen molar-refractivity contribution in [1.82, 2.24) is 4.90 Å². The first-order valence-corrected chi connectivity index (χ1v) is 19.1. The molecule has 11 heteroatoms. The average molecular weight is 822 g/mol. The molecular formula is C41H46IN2O8+. The highest BCUT2D eigenvalue weighted by Gasteiger charge is 2.46. The highest BCUT2D eigenvalue weighted by atomic mass is 127. The largest absolute Gasteiger partial charge is 0.493 e. The quantitative estimate of drug-likeness (QED) is 0.113. The Labute approximate surface area is 318 Å². The second-order valence-corrected chi connectivity index (χ2v) is 14.7. The molecule has 0 aliphatic carbocycles. The SMILES string of the molecule is COc1ccc2cc1Oc1ccc(cc1)CC1c3cc(c(OC)cc3CC[N+]1(C)C(C)C(=O)O)Oc1c(OCI)c(OC)cc3c1C(C2)N(C)CC3. The van der Waals surface area contributed by atoms with E-state index in [1.165, 1.54) is 0 Å². The topological polar surface area (TPSA) is 95.9 Å². The molecule has 0 radical (unpaired) electrons. The summed E-state index contributed by atoms with van der Waals surface area (Å²) in [6.45, 7) is 3.32. The normalized spacial score (nSPS) is 21.4. The summed E-state index contributed by atoms with van der Waals surface area (Å²) in [6, 6.07) is 19.5. The van der Waals surface area contributed by atoms with Crippen LogP contribution in [0.4, 0.5) is 0 Å². The van der Waals surface area contributed by atoms with Crippen molar-refractivity contribution in [3.8, 4) is 46.0 Å². The van der Waals surface area contributed by atoms with E-state index in [0.717, 1.165) is 46.3 Å². The summed E-state index contributed by atoms with van der Waals surface area (Å²) in [5, 5.41) is 10.4. The lowest BCUT2D eigenvalue weighted by molar-refractivity contribution is -0.954. The van der Waals surface area contributed by atoms with E-state index in [-0.39, 0.29) is 12.1 Å². The van der Waals surface area contributed by atoms with Crippen LogP contribution in [0, 0.1) is 0 Å². The number of rotatable bonds is 7. The Bertz CT molecular complexity index is 1990. The number of halogens is 1. The second-order valence-electron chi connectivity index (χ2n) is 14.1. The number of hydrogen-bond acceptors (Lipinski definition) is 8. The predicted octanol–water partition coefficient (Wildman–Crippen LogP) is 7.91. The zero-order valence-corrected chi connectivity index (χ0v) is 32.7. The van der Waals surface area contributed by atoms with E-state index >= 15 is 0 Å². The summed E-state index contributed by atoms with van der Waals surface area (Å²) >= 11 is 2.20. The Hall–Kier alpha value is -4.20. The monoisotopic (exact) mass is 821 g/mol. The van der Waals surface area contributed by atoms with Crippen LogP contribution in [0.25, 0.3) is 0 Å². The fraction of sp³-hybridized carbons (Fsp3) is 0.390. The van der Waals surface area contributed by atoms with Crippen molar-refractivity contribution in [2.45, 2.75) is 50.7 Å². The minimum Gasteiger partial charge on any atom is -0.493 e. The van der Waals surface area contributed by atoms with E-state index in [1.807, 2.05) is 25.1 Å². The third-order valence-electron chi connectivity index (χ3n) is 11.4. The van der Waals surface area contributed by atoms with Crippen molar-refractivity contribution in [2.75, 3.05) is 53.1 Å². The molecule has 4 unspecified atom stereocenters. The number of aliphatic carboxylic acids is 1. The van der Waals surface area contributed by atoms with Crippen molar-refractivity contribution in [3.05, 3.63) is 94.0 Å². The third-order valence-corrected chi connectivity index (χ3v) is 11.7. The lowest BCUT2D eigenvalue weighted by atomic mass is 9.85. The molecule has 4 aliphatic rings. The maximum Gasteiger partial charge on any atom is 0.362 e. The second kappa shape index (κ2) is 14.7. The number of carboxylic acid groups (broad SMARTS) is 1. The van der Waals surface area contributed by atoms with Gasteiger partial charge in [-0.05, 0) is 114 Å². The van der Waals surface area contributed by atoms with Crippen LogP contribution in [-0.4, -0.2) is 79.6 Å². The standard InChI is InChI=1S/C41H45IN2O8/c1-24(41(45)46)44(3)16-14-27-20-34(48-5)36-22-30(27)32(44)18-25-7-10-29(11-8-25)51-35-19-26(9-12-33(35)47-4)17-31-38-28(13-15-43(31)2)21-37(49-6)39(50-23-42)40(38)52-36/h7-12,19-22,24,31-32H,13-18,23H2,1-6H3/p+1. The number of quaternary nitrogens is 1. The molecule has 4 aromatic rings. The number of likely N-dealkylation sites (N-methyl/N-ethyl adjacent to an activating group) is 2. The molecule has 274 valence electrons. The summed E-state index contributed by atoms with van der Waals surface area (Å²) in [7, 11) is 9.16. The number of fused-ring (bicyclic) bond motifs is 2. The van der Waals surface area contributed by atoms with Gasteiger partial charge in [0.1, 0.15) is 16.4 Å². The molecule has 6 bridgehead atoms. The van der Waals surface area contributed by atoms with Gasteiger partial charge >= 0.3 is 5.97 Å². The summed E-state index contributed by atoms with van der Waals surface area (Å²) in [6.07, 6.45) is 2.78. The number of nitrogens with zero attached hydrogens (tertiary/aromatic N) is 2.